The minimum atomic E-state index is -0.135. The predicted molar refractivity (Wildman–Crippen MR) is 105 cm³/mol. The molecule has 1 atom stereocenters. The number of hydrogen-bond donors (Lipinski definition) is 1. The van der Waals surface area contributed by atoms with E-state index in [1.807, 2.05) is 11.5 Å². The van der Waals surface area contributed by atoms with E-state index in [-0.39, 0.29) is 11.7 Å². The minimum absolute atomic E-state index is 0.135. The first kappa shape index (κ1) is 18.7. The summed E-state index contributed by atoms with van der Waals surface area (Å²) >= 11 is 2.88. The van der Waals surface area contributed by atoms with Crippen LogP contribution in [0, 0.1) is 24.2 Å². The van der Waals surface area contributed by atoms with Gasteiger partial charge in [-0.1, -0.05) is 24.8 Å². The minimum Gasteiger partial charge on any atom is -0.316 e. The van der Waals surface area contributed by atoms with Crippen molar-refractivity contribution in [3.8, 4) is 6.07 Å². The monoisotopic (exact) mass is 387 g/mol. The molecule has 0 unspecified atom stereocenters. The van der Waals surface area contributed by atoms with E-state index in [1.165, 1.54) is 16.6 Å². The van der Waals surface area contributed by atoms with E-state index in [1.54, 1.807) is 17.4 Å². The van der Waals surface area contributed by atoms with Crippen molar-refractivity contribution < 1.29 is 4.79 Å². The van der Waals surface area contributed by atoms with Gasteiger partial charge in [-0.3, -0.25) is 4.79 Å². The summed E-state index contributed by atoms with van der Waals surface area (Å²) in [6.07, 6.45) is 4.78. The third-order valence-corrected chi connectivity index (χ3v) is 6.56. The quantitative estimate of drug-likeness (QED) is 0.605. The van der Waals surface area contributed by atoms with Gasteiger partial charge >= 0.3 is 0 Å². The van der Waals surface area contributed by atoms with E-state index in [2.05, 4.69) is 35.1 Å². The maximum atomic E-state index is 12.4. The molecule has 1 N–H and O–H groups in total. The Morgan fingerprint density at radius 1 is 1.58 bits per heavy atom. The number of fused-ring (bicyclic) bond motifs is 1. The normalized spacial score (nSPS) is 16.0. The summed E-state index contributed by atoms with van der Waals surface area (Å²) in [7, 11) is 0. The number of anilines is 1. The van der Waals surface area contributed by atoms with Crippen molar-refractivity contribution in [2.75, 3.05) is 11.1 Å². The first-order valence-corrected chi connectivity index (χ1v) is 10.3. The molecule has 136 valence electrons. The molecule has 0 aromatic carbocycles. The number of hydrogen-bond acceptors (Lipinski definition) is 6. The second kappa shape index (κ2) is 8.06. The number of amides is 1. The molecule has 0 fully saturated rings. The molecular formula is C18H21N5OS2. The number of allylic oxidation sites excluding steroid dienone is 1. The Kier molecular flexibility index (Phi) is 5.79. The maximum absolute atomic E-state index is 12.4. The second-order valence-electron chi connectivity index (χ2n) is 6.43. The van der Waals surface area contributed by atoms with Crippen LogP contribution in [0.1, 0.15) is 35.2 Å². The van der Waals surface area contributed by atoms with Gasteiger partial charge in [-0.05, 0) is 37.7 Å². The van der Waals surface area contributed by atoms with Crippen LogP contribution in [-0.2, 0) is 24.2 Å². The molecule has 0 radical (unpaired) electrons. The summed E-state index contributed by atoms with van der Waals surface area (Å²) in [5, 5.41) is 22.0. The van der Waals surface area contributed by atoms with Gasteiger partial charge in [-0.15, -0.1) is 28.1 Å². The average Bonchev–Trinajstić information content (AvgIpc) is 3.13. The number of aryl methyl sites for hydroxylation is 1. The molecule has 26 heavy (non-hydrogen) atoms. The van der Waals surface area contributed by atoms with Crippen molar-refractivity contribution in [3.05, 3.63) is 34.5 Å². The number of nitrogens with one attached hydrogen (secondary N) is 1. The fourth-order valence-electron chi connectivity index (χ4n) is 3.06. The molecule has 1 amide bonds. The smallest absolute Gasteiger partial charge is 0.235 e. The van der Waals surface area contributed by atoms with Crippen molar-refractivity contribution in [2.24, 2.45) is 5.92 Å². The third-order valence-electron chi connectivity index (χ3n) is 4.42. The molecule has 0 aliphatic heterocycles. The number of carbonyl (C=O) groups excluding carboxylic acids is 1. The van der Waals surface area contributed by atoms with Crippen molar-refractivity contribution in [2.45, 2.75) is 44.8 Å². The predicted octanol–water partition coefficient (Wildman–Crippen LogP) is 3.56. The molecule has 1 aliphatic rings. The van der Waals surface area contributed by atoms with Gasteiger partial charge in [0.05, 0.1) is 11.3 Å². The Labute approximate surface area is 161 Å². The van der Waals surface area contributed by atoms with Gasteiger partial charge in [0.1, 0.15) is 16.9 Å². The Morgan fingerprint density at radius 2 is 2.38 bits per heavy atom. The van der Waals surface area contributed by atoms with Gasteiger partial charge in [0.25, 0.3) is 0 Å². The first-order valence-electron chi connectivity index (χ1n) is 8.51. The van der Waals surface area contributed by atoms with E-state index in [0.717, 1.165) is 30.7 Å². The number of rotatable bonds is 6. The van der Waals surface area contributed by atoms with Crippen molar-refractivity contribution in [1.82, 2.24) is 14.8 Å². The van der Waals surface area contributed by atoms with Crippen LogP contribution in [0.2, 0.25) is 0 Å². The number of thioether (sulfide) groups is 1. The lowest BCUT2D eigenvalue weighted by Crippen LogP contribution is -2.15. The average molecular weight is 388 g/mol. The van der Waals surface area contributed by atoms with Gasteiger partial charge in [0, 0.05) is 11.4 Å². The lowest BCUT2D eigenvalue weighted by Gasteiger charge is -2.17. The molecule has 0 saturated carbocycles. The maximum Gasteiger partial charge on any atom is 0.235 e. The van der Waals surface area contributed by atoms with Crippen LogP contribution in [-0.4, -0.2) is 26.4 Å². The Balaban J connectivity index is 1.68. The number of nitrogens with zero attached hydrogens (tertiary/aromatic N) is 4. The second-order valence-corrected chi connectivity index (χ2v) is 8.48. The fraction of sp³-hybridized carbons (Fsp3) is 0.444. The van der Waals surface area contributed by atoms with E-state index >= 15 is 0 Å². The number of aromatic nitrogens is 3. The van der Waals surface area contributed by atoms with Crippen molar-refractivity contribution >= 4 is 34.0 Å². The van der Waals surface area contributed by atoms with E-state index in [9.17, 15) is 10.1 Å². The Morgan fingerprint density at radius 3 is 3.12 bits per heavy atom. The summed E-state index contributed by atoms with van der Waals surface area (Å²) in [5.74, 6) is 1.51. The highest BCUT2D eigenvalue weighted by molar-refractivity contribution is 7.99. The zero-order valence-corrected chi connectivity index (χ0v) is 16.5. The highest BCUT2D eigenvalue weighted by Crippen LogP contribution is 2.39. The van der Waals surface area contributed by atoms with Gasteiger partial charge in [-0.2, -0.15) is 5.26 Å². The van der Waals surface area contributed by atoms with Crippen molar-refractivity contribution in [3.63, 3.8) is 0 Å². The molecule has 2 aromatic rings. The standard InChI is InChI=1S/C18H21N5OS2/c1-4-7-23-12(3)21-22-18(23)25-10-16(24)20-17-14(9-19)13-6-5-11(2)8-15(13)26-17/h4,11H,1,5-8,10H2,2-3H3,(H,20,24)/t11-/m0/s1. The van der Waals surface area contributed by atoms with Crippen LogP contribution in [0.15, 0.2) is 17.8 Å². The lowest BCUT2D eigenvalue weighted by atomic mass is 9.89. The summed E-state index contributed by atoms with van der Waals surface area (Å²) in [6, 6.07) is 2.28. The van der Waals surface area contributed by atoms with Crippen LogP contribution >= 0.6 is 23.1 Å². The van der Waals surface area contributed by atoms with Crippen LogP contribution in [0.3, 0.4) is 0 Å². The van der Waals surface area contributed by atoms with E-state index < -0.39 is 0 Å². The SMILES string of the molecule is C=CCn1c(C)nnc1SCC(=O)Nc1sc2c(c1C#N)CC[C@H](C)C2. The van der Waals surface area contributed by atoms with Crippen LogP contribution in [0.25, 0.3) is 0 Å². The van der Waals surface area contributed by atoms with Gasteiger partial charge in [0.2, 0.25) is 5.91 Å². The topological polar surface area (TPSA) is 83.6 Å². The molecule has 0 spiro atoms. The molecule has 2 aromatic heterocycles. The molecule has 1 aliphatic carbocycles. The first-order chi connectivity index (χ1) is 12.5. The highest BCUT2D eigenvalue weighted by atomic mass is 32.2. The number of nitriles is 1. The summed E-state index contributed by atoms with van der Waals surface area (Å²) in [5.41, 5.74) is 1.76. The molecular weight excluding hydrogens is 366 g/mol. The van der Waals surface area contributed by atoms with Gasteiger partial charge in [0.15, 0.2) is 5.16 Å². The molecule has 8 heteroatoms. The van der Waals surface area contributed by atoms with Crippen molar-refractivity contribution in [1.29, 1.82) is 5.26 Å². The molecule has 0 saturated heterocycles. The van der Waals surface area contributed by atoms with Crippen LogP contribution in [0.5, 0.6) is 0 Å². The van der Waals surface area contributed by atoms with Gasteiger partial charge < -0.3 is 9.88 Å². The molecule has 6 nitrogen and oxygen atoms in total. The molecule has 0 bridgehead atoms. The molecule has 2 heterocycles. The van der Waals surface area contributed by atoms with E-state index in [4.69, 9.17) is 0 Å². The van der Waals surface area contributed by atoms with E-state index in [0.29, 0.717) is 28.2 Å². The lowest BCUT2D eigenvalue weighted by molar-refractivity contribution is -0.113. The zero-order valence-electron chi connectivity index (χ0n) is 14.9. The third kappa shape index (κ3) is 3.84. The zero-order chi connectivity index (χ0) is 18.7. The number of thiophene rings is 1. The summed E-state index contributed by atoms with van der Waals surface area (Å²) in [4.78, 5) is 13.6. The van der Waals surface area contributed by atoms with Gasteiger partial charge in [-0.25, -0.2) is 0 Å². The van der Waals surface area contributed by atoms with Crippen LogP contribution in [0.4, 0.5) is 5.00 Å². The summed E-state index contributed by atoms with van der Waals surface area (Å²) in [6.45, 7) is 8.44. The summed E-state index contributed by atoms with van der Waals surface area (Å²) < 4.78 is 1.91. The largest absolute Gasteiger partial charge is 0.316 e. The fourth-order valence-corrected chi connectivity index (χ4v) is 5.23. The Hall–Kier alpha value is -2.11. The van der Waals surface area contributed by atoms with Crippen LogP contribution < -0.4 is 5.32 Å². The highest BCUT2D eigenvalue weighted by Gasteiger charge is 2.24. The molecule has 3 rings (SSSR count). The number of carbonyl (C=O) groups is 1. The Bertz CT molecular complexity index is 877.